The van der Waals surface area contributed by atoms with Crippen LogP contribution in [0.25, 0.3) is 10.8 Å². The van der Waals surface area contributed by atoms with Gasteiger partial charge in [0.05, 0.1) is 13.2 Å². The smallest absolute Gasteiger partial charge is 0.412 e. The van der Waals surface area contributed by atoms with Gasteiger partial charge in [-0.1, -0.05) is 12.1 Å². The van der Waals surface area contributed by atoms with Crippen LogP contribution in [0.4, 0.5) is 10.5 Å². The first-order valence-corrected chi connectivity index (χ1v) is 9.36. The van der Waals surface area contributed by atoms with E-state index in [2.05, 4.69) is 10.2 Å². The van der Waals surface area contributed by atoms with Crippen LogP contribution in [-0.4, -0.2) is 56.0 Å². The van der Waals surface area contributed by atoms with E-state index in [9.17, 15) is 4.79 Å². The number of amides is 1. The van der Waals surface area contributed by atoms with Gasteiger partial charge in [0.15, 0.2) is 0 Å². The summed E-state index contributed by atoms with van der Waals surface area (Å²) in [5.41, 5.74) is 0.171. The van der Waals surface area contributed by atoms with Crippen molar-refractivity contribution in [1.82, 2.24) is 4.90 Å². The van der Waals surface area contributed by atoms with Crippen LogP contribution in [0.15, 0.2) is 36.4 Å². The van der Waals surface area contributed by atoms with E-state index in [4.69, 9.17) is 14.2 Å². The summed E-state index contributed by atoms with van der Waals surface area (Å²) < 4.78 is 16.7. The number of carbonyl (C=O) groups excluding carboxylic acids is 1. The van der Waals surface area contributed by atoms with Crippen LogP contribution in [-0.2, 0) is 9.47 Å². The SMILES string of the molecule is CC(C)(C)OC(=O)Nc1ccc2c(OCCN3CCOCC3)cccc2c1. The summed E-state index contributed by atoms with van der Waals surface area (Å²) in [5, 5.41) is 4.81. The van der Waals surface area contributed by atoms with E-state index in [1.54, 1.807) is 0 Å². The number of fused-ring (bicyclic) bond motifs is 1. The fourth-order valence-electron chi connectivity index (χ4n) is 2.99. The Kier molecular flexibility index (Phi) is 6.19. The number of rotatable bonds is 5. The van der Waals surface area contributed by atoms with Gasteiger partial charge in [-0.05, 0) is 50.4 Å². The lowest BCUT2D eigenvalue weighted by molar-refractivity contribution is 0.0323. The number of ether oxygens (including phenoxy) is 3. The monoisotopic (exact) mass is 372 g/mol. The first-order valence-electron chi connectivity index (χ1n) is 9.36. The maximum Gasteiger partial charge on any atom is 0.412 e. The Morgan fingerprint density at radius 1 is 1.19 bits per heavy atom. The third kappa shape index (κ3) is 5.84. The summed E-state index contributed by atoms with van der Waals surface area (Å²) >= 11 is 0. The molecule has 0 saturated carbocycles. The summed E-state index contributed by atoms with van der Waals surface area (Å²) in [7, 11) is 0. The Morgan fingerprint density at radius 2 is 1.96 bits per heavy atom. The fraction of sp³-hybridized carbons (Fsp3) is 0.476. The summed E-state index contributed by atoms with van der Waals surface area (Å²) in [6.07, 6.45) is -0.459. The van der Waals surface area contributed by atoms with Gasteiger partial charge in [-0.3, -0.25) is 10.2 Å². The van der Waals surface area contributed by atoms with Gasteiger partial charge in [0.1, 0.15) is 18.0 Å². The van der Waals surface area contributed by atoms with Gasteiger partial charge in [-0.15, -0.1) is 0 Å². The largest absolute Gasteiger partial charge is 0.492 e. The molecule has 0 unspecified atom stereocenters. The Balaban J connectivity index is 1.63. The molecule has 0 radical (unpaired) electrons. The summed E-state index contributed by atoms with van der Waals surface area (Å²) in [6, 6.07) is 11.7. The molecule has 0 aromatic heterocycles. The van der Waals surface area contributed by atoms with E-state index in [1.807, 2.05) is 57.2 Å². The number of carbonyl (C=O) groups is 1. The molecule has 1 heterocycles. The number of morpholine rings is 1. The lowest BCUT2D eigenvalue weighted by Crippen LogP contribution is -2.38. The average Bonchev–Trinajstić information content (AvgIpc) is 2.61. The number of nitrogens with zero attached hydrogens (tertiary/aromatic N) is 1. The van der Waals surface area contributed by atoms with Crippen molar-refractivity contribution < 1.29 is 19.0 Å². The minimum absolute atomic E-state index is 0.459. The zero-order chi connectivity index (χ0) is 19.3. The van der Waals surface area contributed by atoms with Crippen molar-refractivity contribution in [2.45, 2.75) is 26.4 Å². The maximum absolute atomic E-state index is 12.0. The van der Waals surface area contributed by atoms with Crippen LogP contribution >= 0.6 is 0 Å². The molecule has 1 amide bonds. The Bertz CT molecular complexity index is 779. The van der Waals surface area contributed by atoms with Crippen molar-refractivity contribution in [3.63, 3.8) is 0 Å². The molecule has 27 heavy (non-hydrogen) atoms. The van der Waals surface area contributed by atoms with Crippen LogP contribution in [0, 0.1) is 0 Å². The van der Waals surface area contributed by atoms with Gasteiger partial charge in [-0.25, -0.2) is 4.79 Å². The second-order valence-corrected chi connectivity index (χ2v) is 7.62. The first kappa shape index (κ1) is 19.5. The van der Waals surface area contributed by atoms with E-state index in [0.29, 0.717) is 12.3 Å². The molecule has 1 aliphatic heterocycles. The topological polar surface area (TPSA) is 60.0 Å². The molecule has 2 aromatic carbocycles. The van der Waals surface area contributed by atoms with Gasteiger partial charge < -0.3 is 14.2 Å². The Morgan fingerprint density at radius 3 is 2.70 bits per heavy atom. The second kappa shape index (κ2) is 8.59. The molecule has 2 aromatic rings. The van der Waals surface area contributed by atoms with E-state index in [-0.39, 0.29) is 0 Å². The zero-order valence-electron chi connectivity index (χ0n) is 16.3. The molecule has 3 rings (SSSR count). The van der Waals surface area contributed by atoms with Crippen molar-refractivity contribution in [2.24, 2.45) is 0 Å². The molecule has 0 atom stereocenters. The third-order valence-electron chi connectivity index (χ3n) is 4.25. The van der Waals surface area contributed by atoms with Gasteiger partial charge in [-0.2, -0.15) is 0 Å². The predicted molar refractivity (Wildman–Crippen MR) is 107 cm³/mol. The van der Waals surface area contributed by atoms with Crippen molar-refractivity contribution in [1.29, 1.82) is 0 Å². The molecule has 146 valence electrons. The third-order valence-corrected chi connectivity index (χ3v) is 4.25. The van der Waals surface area contributed by atoms with Gasteiger partial charge in [0.25, 0.3) is 0 Å². The minimum atomic E-state index is -0.525. The normalized spacial score (nSPS) is 15.5. The first-order chi connectivity index (χ1) is 12.9. The summed E-state index contributed by atoms with van der Waals surface area (Å²) in [5.74, 6) is 0.851. The average molecular weight is 372 g/mol. The molecule has 1 saturated heterocycles. The molecular formula is C21H28N2O4. The quantitative estimate of drug-likeness (QED) is 0.863. The molecule has 0 aliphatic carbocycles. The molecule has 0 bridgehead atoms. The lowest BCUT2D eigenvalue weighted by atomic mass is 10.1. The van der Waals surface area contributed by atoms with Crippen LogP contribution in [0.2, 0.25) is 0 Å². The highest BCUT2D eigenvalue weighted by molar-refractivity contribution is 5.94. The zero-order valence-corrected chi connectivity index (χ0v) is 16.3. The number of hydrogen-bond acceptors (Lipinski definition) is 5. The minimum Gasteiger partial charge on any atom is -0.492 e. The highest BCUT2D eigenvalue weighted by Gasteiger charge is 2.16. The fourth-order valence-corrected chi connectivity index (χ4v) is 2.99. The summed E-state index contributed by atoms with van der Waals surface area (Å²) in [4.78, 5) is 14.3. The number of hydrogen-bond donors (Lipinski definition) is 1. The van der Waals surface area contributed by atoms with Gasteiger partial charge in [0, 0.05) is 30.7 Å². The van der Waals surface area contributed by atoms with Crippen LogP contribution in [0.3, 0.4) is 0 Å². The second-order valence-electron chi connectivity index (χ2n) is 7.62. The molecule has 6 nitrogen and oxygen atoms in total. The van der Waals surface area contributed by atoms with E-state index in [1.165, 1.54) is 0 Å². The van der Waals surface area contributed by atoms with E-state index < -0.39 is 11.7 Å². The molecule has 1 fully saturated rings. The number of benzene rings is 2. The Labute approximate surface area is 160 Å². The van der Waals surface area contributed by atoms with Crippen molar-refractivity contribution in [3.05, 3.63) is 36.4 Å². The molecule has 1 N–H and O–H groups in total. The molecule has 6 heteroatoms. The van der Waals surface area contributed by atoms with Gasteiger partial charge >= 0.3 is 6.09 Å². The predicted octanol–water partition coefficient (Wildman–Crippen LogP) is 3.90. The van der Waals surface area contributed by atoms with Crippen molar-refractivity contribution >= 4 is 22.6 Å². The van der Waals surface area contributed by atoms with Crippen LogP contribution in [0.5, 0.6) is 5.75 Å². The number of anilines is 1. The highest BCUT2D eigenvalue weighted by Crippen LogP contribution is 2.28. The van der Waals surface area contributed by atoms with E-state index >= 15 is 0 Å². The number of nitrogens with one attached hydrogen (secondary N) is 1. The van der Waals surface area contributed by atoms with E-state index in [0.717, 1.165) is 49.4 Å². The van der Waals surface area contributed by atoms with Crippen molar-refractivity contribution in [2.75, 3.05) is 44.8 Å². The van der Waals surface area contributed by atoms with Crippen LogP contribution < -0.4 is 10.1 Å². The van der Waals surface area contributed by atoms with Crippen LogP contribution in [0.1, 0.15) is 20.8 Å². The lowest BCUT2D eigenvalue weighted by Gasteiger charge is -2.26. The maximum atomic E-state index is 12.0. The van der Waals surface area contributed by atoms with Gasteiger partial charge in [0.2, 0.25) is 0 Å². The van der Waals surface area contributed by atoms with Crippen molar-refractivity contribution in [3.8, 4) is 5.75 Å². The standard InChI is InChI=1S/C21H28N2O4/c1-21(2,3)27-20(24)22-17-7-8-18-16(15-17)5-4-6-19(18)26-14-11-23-9-12-25-13-10-23/h4-8,15H,9-14H2,1-3H3,(H,22,24). The molecular weight excluding hydrogens is 344 g/mol. The molecule has 0 spiro atoms. The molecule has 1 aliphatic rings. The Hall–Kier alpha value is -2.31. The summed E-state index contributed by atoms with van der Waals surface area (Å²) in [6.45, 7) is 10.5. The highest BCUT2D eigenvalue weighted by atomic mass is 16.6.